The lowest BCUT2D eigenvalue weighted by molar-refractivity contribution is -0.151. The van der Waals surface area contributed by atoms with Gasteiger partial charge in [-0.3, -0.25) is 19.2 Å². The van der Waals surface area contributed by atoms with Gasteiger partial charge in [-0.05, 0) is 111 Å². The molecule has 2 saturated carbocycles. The van der Waals surface area contributed by atoms with E-state index in [1.165, 1.54) is 0 Å². The van der Waals surface area contributed by atoms with Crippen LogP contribution in [0.3, 0.4) is 0 Å². The van der Waals surface area contributed by atoms with Gasteiger partial charge >= 0.3 is 24.3 Å². The third kappa shape index (κ3) is 15.3. The Morgan fingerprint density at radius 1 is 0.486 bits per heavy atom. The van der Waals surface area contributed by atoms with E-state index in [4.69, 9.17) is 9.47 Å². The summed E-state index contributed by atoms with van der Waals surface area (Å²) in [5, 5.41) is 5.82. The summed E-state index contributed by atoms with van der Waals surface area (Å²) in [4.78, 5) is 52.1. The standard InChI is InChI=1S/C48H52F6N4O10S2/c49-47(50,51)35-15-23-39(24-16-35)69(63,64)57-37-19-11-33(12-20-37)45(61)55-41(31-7-3-1-4-8-31)29-67-43(59)27-28-44(60)68-30-42(32-9-5-2-6-10-32)56-46(62)34-13-21-38(22-14-34)58-70(65,66)40-25-17-36(18-26-40)48(52,53)54/h1-10,15-18,23-26,33-34,37-38,41-42,57-58H,11-14,19-22,27-30H2,(H,55,61)(H,56,62)/t33?,34?,37?,38?,41-,42-/m1/s1. The van der Waals surface area contributed by atoms with Gasteiger partial charge < -0.3 is 20.1 Å². The fraction of sp³-hybridized carbons (Fsp3) is 0.417. The molecule has 14 nitrogen and oxygen atoms in total. The second-order valence-corrected chi connectivity index (χ2v) is 20.6. The normalized spacial score (nSPS) is 19.8. The first-order valence-corrected chi connectivity index (χ1v) is 25.4. The lowest BCUT2D eigenvalue weighted by atomic mass is 9.85. The molecule has 4 N–H and O–H groups in total. The molecule has 6 rings (SSSR count). The van der Waals surface area contributed by atoms with Gasteiger partial charge in [0.05, 0.1) is 45.8 Å². The molecule has 0 saturated heterocycles. The number of esters is 2. The Bertz CT molecular complexity index is 2440. The molecule has 0 heterocycles. The molecular weight excluding hydrogens is 971 g/mol. The molecule has 2 aliphatic carbocycles. The SMILES string of the molecule is O=C(CCC(=O)OC[C@@H](NC(=O)C1CCC(NS(=O)(=O)c2ccc(C(F)(F)F)cc2)CC1)c1ccccc1)OC[C@@H](NC(=O)C1CCC(NS(=O)(=O)c2ccc(C(F)(F)F)cc2)CC1)c1ccccc1. The molecule has 0 unspecified atom stereocenters. The Morgan fingerprint density at radius 3 is 1.10 bits per heavy atom. The number of benzene rings is 4. The van der Waals surface area contributed by atoms with Crippen molar-refractivity contribution >= 4 is 43.8 Å². The van der Waals surface area contributed by atoms with Crippen molar-refractivity contribution in [1.82, 2.24) is 20.1 Å². The molecule has 2 fully saturated rings. The van der Waals surface area contributed by atoms with Gasteiger partial charge in [0.25, 0.3) is 0 Å². The number of ether oxygens (including phenoxy) is 2. The molecule has 2 amide bonds. The molecule has 70 heavy (non-hydrogen) atoms. The highest BCUT2D eigenvalue weighted by Gasteiger charge is 2.35. The Labute approximate surface area is 401 Å². The zero-order valence-corrected chi connectivity index (χ0v) is 39.1. The van der Waals surface area contributed by atoms with Crippen molar-refractivity contribution < 1.29 is 71.8 Å². The molecule has 22 heteroatoms. The van der Waals surface area contributed by atoms with E-state index in [0.29, 0.717) is 61.1 Å². The molecule has 2 atom stereocenters. The number of amides is 2. The van der Waals surface area contributed by atoms with Crippen LogP contribution in [0.15, 0.2) is 119 Å². The number of sulfonamides is 2. The number of hydrogen-bond acceptors (Lipinski definition) is 10. The first-order chi connectivity index (χ1) is 33.1. The Kier molecular flexibility index (Phi) is 17.9. The molecule has 378 valence electrons. The number of alkyl halides is 6. The van der Waals surface area contributed by atoms with Crippen LogP contribution in [0, 0.1) is 11.8 Å². The van der Waals surface area contributed by atoms with E-state index in [2.05, 4.69) is 20.1 Å². The lowest BCUT2D eigenvalue weighted by Gasteiger charge is -2.30. The monoisotopic (exact) mass is 1020 g/mol. The average molecular weight is 1020 g/mol. The third-order valence-corrected chi connectivity index (χ3v) is 15.3. The van der Waals surface area contributed by atoms with Crippen LogP contribution in [0.4, 0.5) is 26.3 Å². The minimum absolute atomic E-state index is 0.277. The maximum Gasteiger partial charge on any atom is 0.416 e. The van der Waals surface area contributed by atoms with Gasteiger partial charge in [-0.15, -0.1) is 0 Å². The van der Waals surface area contributed by atoms with E-state index < -0.39 is 91.5 Å². The van der Waals surface area contributed by atoms with Crippen molar-refractivity contribution in [1.29, 1.82) is 0 Å². The minimum atomic E-state index is -4.62. The van der Waals surface area contributed by atoms with Gasteiger partial charge in [0.1, 0.15) is 13.2 Å². The highest BCUT2D eigenvalue weighted by atomic mass is 32.2. The predicted octanol–water partition coefficient (Wildman–Crippen LogP) is 7.68. The molecule has 0 radical (unpaired) electrons. The maximum atomic E-state index is 13.5. The van der Waals surface area contributed by atoms with Crippen LogP contribution in [0.25, 0.3) is 0 Å². The zero-order chi connectivity index (χ0) is 50.7. The van der Waals surface area contributed by atoms with Crippen molar-refractivity contribution in [3.63, 3.8) is 0 Å². The van der Waals surface area contributed by atoms with Crippen LogP contribution in [0.2, 0.25) is 0 Å². The van der Waals surface area contributed by atoms with Crippen LogP contribution < -0.4 is 20.1 Å². The van der Waals surface area contributed by atoms with Crippen LogP contribution in [0.1, 0.15) is 98.5 Å². The van der Waals surface area contributed by atoms with E-state index in [9.17, 15) is 62.4 Å². The van der Waals surface area contributed by atoms with Gasteiger partial charge in [0.2, 0.25) is 31.9 Å². The largest absolute Gasteiger partial charge is 0.463 e. The first kappa shape index (κ1) is 53.5. The van der Waals surface area contributed by atoms with Crippen molar-refractivity contribution in [3.05, 3.63) is 131 Å². The van der Waals surface area contributed by atoms with Gasteiger partial charge in [-0.1, -0.05) is 60.7 Å². The Balaban J connectivity index is 0.939. The summed E-state index contributed by atoms with van der Waals surface area (Å²) in [6.07, 6.45) is -7.62. The number of hydrogen-bond donors (Lipinski definition) is 4. The number of halogens is 6. The summed E-state index contributed by atoms with van der Waals surface area (Å²) in [7, 11) is -8.25. The second kappa shape index (κ2) is 23.4. The molecule has 4 aromatic carbocycles. The van der Waals surface area contributed by atoms with Crippen LogP contribution in [0.5, 0.6) is 0 Å². The van der Waals surface area contributed by atoms with Gasteiger partial charge in [-0.25, -0.2) is 26.3 Å². The summed E-state index contributed by atoms with van der Waals surface area (Å²) < 4.78 is 145. The highest BCUT2D eigenvalue weighted by molar-refractivity contribution is 7.89. The summed E-state index contributed by atoms with van der Waals surface area (Å²) in [6, 6.07) is 21.1. The molecular formula is C48H52F6N4O10S2. The quantitative estimate of drug-likeness (QED) is 0.0533. The molecule has 0 aliphatic heterocycles. The lowest BCUT2D eigenvalue weighted by Crippen LogP contribution is -2.42. The Morgan fingerprint density at radius 2 is 0.800 bits per heavy atom. The minimum Gasteiger partial charge on any atom is -0.463 e. The zero-order valence-electron chi connectivity index (χ0n) is 37.5. The first-order valence-electron chi connectivity index (χ1n) is 22.5. The van der Waals surface area contributed by atoms with E-state index in [1.54, 1.807) is 60.7 Å². The van der Waals surface area contributed by atoms with Crippen LogP contribution in [-0.2, 0) is 61.1 Å². The maximum absolute atomic E-state index is 13.5. The summed E-state index contributed by atoms with van der Waals surface area (Å²) >= 11 is 0. The average Bonchev–Trinajstić information content (AvgIpc) is 3.33. The van der Waals surface area contributed by atoms with Crippen molar-refractivity contribution in [2.75, 3.05) is 13.2 Å². The fourth-order valence-electron chi connectivity index (χ4n) is 8.26. The summed E-state index contributed by atoms with van der Waals surface area (Å²) in [5.41, 5.74) is -0.698. The second-order valence-electron chi connectivity index (χ2n) is 17.2. The number of carbonyl (C=O) groups is 4. The fourth-order valence-corrected chi connectivity index (χ4v) is 10.9. The Hall–Kier alpha value is -5.84. The topological polar surface area (TPSA) is 203 Å². The summed E-state index contributed by atoms with van der Waals surface area (Å²) in [6.45, 7) is -0.554. The number of rotatable bonds is 19. The van der Waals surface area contributed by atoms with Crippen molar-refractivity contribution in [2.24, 2.45) is 11.8 Å². The van der Waals surface area contributed by atoms with Crippen molar-refractivity contribution in [3.8, 4) is 0 Å². The van der Waals surface area contributed by atoms with Gasteiger partial charge in [0, 0.05) is 23.9 Å². The van der Waals surface area contributed by atoms with E-state index in [1.807, 2.05) is 0 Å². The third-order valence-electron chi connectivity index (χ3n) is 12.2. The molecule has 4 aromatic rings. The molecule has 2 aliphatic rings. The highest BCUT2D eigenvalue weighted by Crippen LogP contribution is 2.33. The van der Waals surface area contributed by atoms with E-state index in [-0.39, 0.29) is 73.3 Å². The van der Waals surface area contributed by atoms with Gasteiger partial charge in [0.15, 0.2) is 0 Å². The smallest absolute Gasteiger partial charge is 0.416 e. The molecule has 0 spiro atoms. The van der Waals surface area contributed by atoms with Crippen molar-refractivity contribution in [2.45, 2.75) is 111 Å². The molecule has 0 bridgehead atoms. The van der Waals surface area contributed by atoms with Crippen LogP contribution >= 0.6 is 0 Å². The molecule has 0 aromatic heterocycles. The van der Waals surface area contributed by atoms with Gasteiger partial charge in [-0.2, -0.15) is 26.3 Å². The summed E-state index contributed by atoms with van der Waals surface area (Å²) in [5.74, 6) is -3.23. The number of nitrogens with one attached hydrogen (secondary N) is 4. The van der Waals surface area contributed by atoms with E-state index >= 15 is 0 Å². The predicted molar refractivity (Wildman–Crippen MR) is 241 cm³/mol. The van der Waals surface area contributed by atoms with E-state index in [0.717, 1.165) is 24.3 Å². The van der Waals surface area contributed by atoms with Crippen LogP contribution in [-0.4, -0.2) is 65.9 Å². The number of carbonyl (C=O) groups excluding carboxylic acids is 4.